The molecule has 0 amide bonds. The summed E-state index contributed by atoms with van der Waals surface area (Å²) in [5.41, 5.74) is 5.66. The molecular formula is C13H27N3O. The van der Waals surface area contributed by atoms with Crippen molar-refractivity contribution in [1.29, 1.82) is 0 Å². The Labute approximate surface area is 105 Å². The molecule has 0 saturated heterocycles. The van der Waals surface area contributed by atoms with E-state index in [1.54, 1.807) is 0 Å². The smallest absolute Gasteiger partial charge is 0.189 e. The van der Waals surface area contributed by atoms with Gasteiger partial charge < -0.3 is 16.2 Å². The maximum absolute atomic E-state index is 10.0. The lowest BCUT2D eigenvalue weighted by Crippen LogP contribution is -2.46. The predicted octanol–water partition coefficient (Wildman–Crippen LogP) is 1.63. The molecule has 0 aromatic heterocycles. The first kappa shape index (κ1) is 14.3. The molecule has 1 fully saturated rings. The normalized spacial score (nSPS) is 31.4. The van der Waals surface area contributed by atoms with E-state index in [2.05, 4.69) is 17.2 Å². The maximum Gasteiger partial charge on any atom is 0.189 e. The molecule has 4 nitrogen and oxygen atoms in total. The van der Waals surface area contributed by atoms with Crippen molar-refractivity contribution in [2.45, 2.75) is 65.0 Å². The number of aliphatic hydroxyl groups is 1. The highest BCUT2D eigenvalue weighted by Crippen LogP contribution is 2.36. The van der Waals surface area contributed by atoms with Crippen LogP contribution in [0, 0.1) is 5.41 Å². The molecule has 17 heavy (non-hydrogen) atoms. The van der Waals surface area contributed by atoms with Gasteiger partial charge in [0.15, 0.2) is 5.96 Å². The van der Waals surface area contributed by atoms with Crippen molar-refractivity contribution in [2.24, 2.45) is 16.1 Å². The molecular weight excluding hydrogens is 214 g/mol. The first-order chi connectivity index (χ1) is 7.73. The molecule has 4 heteroatoms. The quantitative estimate of drug-likeness (QED) is 0.508. The first-order valence-corrected chi connectivity index (χ1v) is 6.49. The number of guanidine groups is 1. The van der Waals surface area contributed by atoms with Crippen molar-refractivity contribution in [2.75, 3.05) is 6.54 Å². The third kappa shape index (κ3) is 4.54. The zero-order valence-corrected chi connectivity index (χ0v) is 11.6. The van der Waals surface area contributed by atoms with E-state index in [1.807, 2.05) is 20.8 Å². The Bertz CT molecular complexity index is 283. The van der Waals surface area contributed by atoms with Crippen LogP contribution in [0.25, 0.3) is 0 Å². The Balaban J connectivity index is 2.55. The average Bonchev–Trinajstić information content (AvgIpc) is 2.18. The summed E-state index contributed by atoms with van der Waals surface area (Å²) in [5, 5.41) is 13.2. The van der Waals surface area contributed by atoms with E-state index in [0.717, 1.165) is 19.3 Å². The summed E-state index contributed by atoms with van der Waals surface area (Å²) >= 11 is 0. The number of hydrogen-bond acceptors (Lipinski definition) is 2. The van der Waals surface area contributed by atoms with E-state index < -0.39 is 0 Å². The zero-order chi connectivity index (χ0) is 13.1. The molecule has 0 spiro atoms. The average molecular weight is 241 g/mol. The Kier molecular flexibility index (Phi) is 4.42. The number of nitrogens with two attached hydrogens (primary N) is 1. The van der Waals surface area contributed by atoms with Gasteiger partial charge in [-0.1, -0.05) is 19.8 Å². The number of hydrogen-bond donors (Lipinski definition) is 3. The second-order valence-corrected chi connectivity index (χ2v) is 6.49. The molecule has 1 rings (SSSR count). The lowest BCUT2D eigenvalue weighted by molar-refractivity contribution is 0.00718. The highest BCUT2D eigenvalue weighted by molar-refractivity contribution is 5.78. The minimum absolute atomic E-state index is 0.0698. The van der Waals surface area contributed by atoms with E-state index in [9.17, 15) is 5.11 Å². The summed E-state index contributed by atoms with van der Waals surface area (Å²) in [4.78, 5) is 4.38. The molecule has 1 aliphatic rings. The topological polar surface area (TPSA) is 70.6 Å². The molecule has 0 aromatic carbocycles. The molecule has 4 N–H and O–H groups in total. The van der Waals surface area contributed by atoms with E-state index in [1.165, 1.54) is 6.42 Å². The van der Waals surface area contributed by atoms with Crippen molar-refractivity contribution >= 4 is 5.96 Å². The second-order valence-electron chi connectivity index (χ2n) is 6.49. The molecule has 0 radical (unpaired) electrons. The van der Waals surface area contributed by atoms with Gasteiger partial charge in [-0.05, 0) is 33.6 Å². The van der Waals surface area contributed by atoms with Crippen molar-refractivity contribution in [1.82, 2.24) is 5.32 Å². The van der Waals surface area contributed by atoms with E-state index in [0.29, 0.717) is 12.5 Å². The minimum atomic E-state index is -0.248. The van der Waals surface area contributed by atoms with Crippen molar-refractivity contribution in [3.63, 3.8) is 0 Å². The van der Waals surface area contributed by atoms with E-state index >= 15 is 0 Å². The van der Waals surface area contributed by atoms with Gasteiger partial charge in [0.1, 0.15) is 0 Å². The zero-order valence-electron chi connectivity index (χ0n) is 11.6. The number of aliphatic hydroxyl groups excluding tert-OH is 1. The number of aliphatic imine (C=N–C) groups is 1. The molecule has 1 saturated carbocycles. The second kappa shape index (κ2) is 5.25. The van der Waals surface area contributed by atoms with Crippen molar-refractivity contribution in [3.05, 3.63) is 0 Å². The standard InChI is InChI=1S/C13H27N3O/c1-12(2,3)16-11(14)15-9-13(4)8-6-5-7-10(13)17/h10,17H,5-9H2,1-4H3,(H3,14,15,16). The highest BCUT2D eigenvalue weighted by Gasteiger charge is 2.35. The van der Waals surface area contributed by atoms with Crippen LogP contribution in [-0.2, 0) is 0 Å². The Morgan fingerprint density at radius 3 is 2.65 bits per heavy atom. The highest BCUT2D eigenvalue weighted by atomic mass is 16.3. The molecule has 0 heterocycles. The van der Waals surface area contributed by atoms with Gasteiger partial charge >= 0.3 is 0 Å². The fourth-order valence-corrected chi connectivity index (χ4v) is 2.26. The number of nitrogens with one attached hydrogen (secondary N) is 1. The SMILES string of the molecule is CC(C)(C)NC(N)=NCC1(C)CCCCC1O. The van der Waals surface area contributed by atoms with Crippen LogP contribution in [0.15, 0.2) is 4.99 Å². The fraction of sp³-hybridized carbons (Fsp3) is 0.923. The van der Waals surface area contributed by atoms with Gasteiger partial charge in [0, 0.05) is 11.0 Å². The summed E-state index contributed by atoms with van der Waals surface area (Å²) in [6.07, 6.45) is 3.97. The molecule has 2 unspecified atom stereocenters. The molecule has 0 aliphatic heterocycles. The summed E-state index contributed by atoms with van der Waals surface area (Å²) in [6, 6.07) is 0. The summed E-state index contributed by atoms with van der Waals surface area (Å²) in [7, 11) is 0. The lowest BCUT2D eigenvalue weighted by Gasteiger charge is -2.37. The van der Waals surface area contributed by atoms with Crippen LogP contribution in [0.3, 0.4) is 0 Å². The van der Waals surface area contributed by atoms with Gasteiger partial charge in [0.05, 0.1) is 12.6 Å². The molecule has 0 aromatic rings. The van der Waals surface area contributed by atoms with Crippen LogP contribution in [-0.4, -0.2) is 29.3 Å². The third-order valence-corrected chi connectivity index (χ3v) is 3.39. The first-order valence-electron chi connectivity index (χ1n) is 6.49. The van der Waals surface area contributed by atoms with Gasteiger partial charge in [-0.15, -0.1) is 0 Å². The van der Waals surface area contributed by atoms with Gasteiger partial charge in [0.25, 0.3) is 0 Å². The molecule has 0 bridgehead atoms. The summed E-state index contributed by atoms with van der Waals surface area (Å²) in [6.45, 7) is 8.85. The van der Waals surface area contributed by atoms with E-state index in [4.69, 9.17) is 5.73 Å². The fourth-order valence-electron chi connectivity index (χ4n) is 2.26. The van der Waals surface area contributed by atoms with E-state index in [-0.39, 0.29) is 17.1 Å². The maximum atomic E-state index is 10.0. The van der Waals surface area contributed by atoms with Crippen LogP contribution in [0.1, 0.15) is 53.4 Å². The van der Waals surface area contributed by atoms with Gasteiger partial charge in [-0.3, -0.25) is 4.99 Å². The van der Waals surface area contributed by atoms with Gasteiger partial charge in [-0.25, -0.2) is 0 Å². The molecule has 100 valence electrons. The monoisotopic (exact) mass is 241 g/mol. The number of nitrogens with zero attached hydrogens (tertiary/aromatic N) is 1. The van der Waals surface area contributed by atoms with Crippen molar-refractivity contribution in [3.8, 4) is 0 Å². The largest absolute Gasteiger partial charge is 0.392 e. The third-order valence-electron chi connectivity index (χ3n) is 3.39. The summed E-state index contributed by atoms with van der Waals surface area (Å²) in [5.74, 6) is 0.469. The predicted molar refractivity (Wildman–Crippen MR) is 72.0 cm³/mol. The van der Waals surface area contributed by atoms with Crippen LogP contribution in [0.4, 0.5) is 0 Å². The summed E-state index contributed by atoms with van der Waals surface area (Å²) < 4.78 is 0. The number of rotatable bonds is 2. The van der Waals surface area contributed by atoms with Gasteiger partial charge in [0.2, 0.25) is 0 Å². The van der Waals surface area contributed by atoms with Crippen molar-refractivity contribution < 1.29 is 5.11 Å². The van der Waals surface area contributed by atoms with Crippen LogP contribution in [0.5, 0.6) is 0 Å². The molecule has 2 atom stereocenters. The molecule has 1 aliphatic carbocycles. The van der Waals surface area contributed by atoms with Crippen LogP contribution < -0.4 is 11.1 Å². The van der Waals surface area contributed by atoms with Gasteiger partial charge in [-0.2, -0.15) is 0 Å². The minimum Gasteiger partial charge on any atom is -0.392 e. The van der Waals surface area contributed by atoms with Crippen LogP contribution in [0.2, 0.25) is 0 Å². The lowest BCUT2D eigenvalue weighted by atomic mass is 9.73. The Hall–Kier alpha value is -0.770. The Morgan fingerprint density at radius 1 is 1.47 bits per heavy atom. The Morgan fingerprint density at radius 2 is 2.12 bits per heavy atom. The van der Waals surface area contributed by atoms with Crippen LogP contribution >= 0.6 is 0 Å².